The summed E-state index contributed by atoms with van der Waals surface area (Å²) in [5.41, 5.74) is 0.542. The van der Waals surface area contributed by atoms with E-state index in [1.807, 2.05) is 0 Å². The van der Waals surface area contributed by atoms with Gasteiger partial charge in [0.15, 0.2) is 0 Å². The van der Waals surface area contributed by atoms with Gasteiger partial charge in [0, 0.05) is 0 Å². The van der Waals surface area contributed by atoms with Crippen LogP contribution in [0.25, 0.3) is 0 Å². The molecule has 0 saturated carbocycles. The molecule has 10 heavy (non-hydrogen) atoms. The topological polar surface area (TPSA) is 0 Å². The Morgan fingerprint density at radius 2 is 0.900 bits per heavy atom. The predicted octanol–water partition coefficient (Wildman–Crippen LogP) is 4.99. The summed E-state index contributed by atoms with van der Waals surface area (Å²) in [4.78, 5) is 0. The molecule has 0 aromatic carbocycles. The van der Waals surface area contributed by atoms with Crippen LogP contribution in [-0.4, -0.2) is 0 Å². The molecule has 0 aliphatic rings. The van der Waals surface area contributed by atoms with Gasteiger partial charge in [0.25, 0.3) is 0 Å². The minimum absolute atomic E-state index is 0. The van der Waals surface area contributed by atoms with E-state index in [1.165, 1.54) is 6.42 Å². The molecule has 0 nitrogen and oxygen atoms in total. The first kappa shape index (κ1) is 32.4. The molecule has 0 rings (SSSR count). The van der Waals surface area contributed by atoms with E-state index < -0.39 is 0 Å². The highest BCUT2D eigenvalue weighted by Crippen LogP contribution is 2.16. The summed E-state index contributed by atoms with van der Waals surface area (Å²) in [6.07, 6.45) is 1.27. The first-order valence-electron chi connectivity index (χ1n) is 2.56. The number of hydrogen-bond donors (Lipinski definition) is 0. The van der Waals surface area contributed by atoms with Crippen molar-refractivity contribution >= 4 is 0 Å². The van der Waals surface area contributed by atoms with E-state index in [9.17, 15) is 0 Å². The molecule has 0 radical (unpaired) electrons. The molecular formula is C10H30. The second-order valence-electron chi connectivity index (χ2n) is 2.91. The van der Waals surface area contributed by atoms with Gasteiger partial charge in [-0.1, -0.05) is 63.8 Å². The quantitative estimate of drug-likeness (QED) is 0.456. The van der Waals surface area contributed by atoms with Crippen molar-refractivity contribution in [1.29, 1.82) is 0 Å². The number of hydrogen-bond acceptors (Lipinski definition) is 0. The molecule has 0 unspecified atom stereocenters. The van der Waals surface area contributed by atoms with E-state index in [-0.39, 0.29) is 29.7 Å². The third-order valence-corrected chi connectivity index (χ3v) is 1.06. The summed E-state index contributed by atoms with van der Waals surface area (Å²) in [6.45, 7) is 8.94. The zero-order valence-corrected chi connectivity index (χ0v) is 5.21. The predicted molar refractivity (Wildman–Crippen MR) is 56.7 cm³/mol. The van der Waals surface area contributed by atoms with Crippen molar-refractivity contribution < 1.29 is 0 Å². The Hall–Kier alpha value is 0. The minimum atomic E-state index is 0. The maximum Gasteiger partial charge on any atom is -0.0385 e. The first-order chi connectivity index (χ1) is 2.56. The molecule has 0 aliphatic carbocycles. The number of rotatable bonds is 0. The molecule has 0 aromatic heterocycles. The largest absolute Gasteiger partial charge is 0.0776 e. The Morgan fingerprint density at radius 3 is 0.900 bits per heavy atom. The molecule has 0 heteroatoms. The molecule has 0 spiro atoms. The standard InChI is InChI=1S/C6H14.4CH4/c1-5-6(2,3)4;;;;/h5H2,1-4H3;4*1H4. The van der Waals surface area contributed by atoms with Crippen LogP contribution >= 0.6 is 0 Å². The molecule has 0 heterocycles. The van der Waals surface area contributed by atoms with Crippen molar-refractivity contribution in [3.8, 4) is 0 Å². The summed E-state index contributed by atoms with van der Waals surface area (Å²) in [7, 11) is 0. The zero-order chi connectivity index (χ0) is 5.21. The van der Waals surface area contributed by atoms with E-state index in [2.05, 4.69) is 27.7 Å². The van der Waals surface area contributed by atoms with Gasteiger partial charge in [0.2, 0.25) is 0 Å². The second kappa shape index (κ2) is 11.8. The van der Waals surface area contributed by atoms with Gasteiger partial charge in [-0.2, -0.15) is 0 Å². The maximum absolute atomic E-state index is 2.24. The molecule has 0 aromatic rings. The van der Waals surface area contributed by atoms with Crippen LogP contribution in [-0.2, 0) is 0 Å². The van der Waals surface area contributed by atoms with Crippen LogP contribution in [0.15, 0.2) is 0 Å². The lowest BCUT2D eigenvalue weighted by Crippen LogP contribution is -2.00. The highest BCUT2D eigenvalue weighted by Gasteiger charge is 2.03. The molecule has 0 bridgehead atoms. The van der Waals surface area contributed by atoms with E-state index in [0.29, 0.717) is 5.41 Å². The van der Waals surface area contributed by atoms with Crippen LogP contribution in [0, 0.1) is 5.41 Å². The van der Waals surface area contributed by atoms with Gasteiger partial charge in [-0.3, -0.25) is 0 Å². The lowest BCUT2D eigenvalue weighted by molar-refractivity contribution is 0.398. The molecule has 0 N–H and O–H groups in total. The van der Waals surface area contributed by atoms with Crippen molar-refractivity contribution in [1.82, 2.24) is 0 Å². The molecule has 0 atom stereocenters. The van der Waals surface area contributed by atoms with Crippen LogP contribution in [0.1, 0.15) is 63.8 Å². The smallest absolute Gasteiger partial charge is 0.0385 e. The van der Waals surface area contributed by atoms with Gasteiger partial charge >= 0.3 is 0 Å². The van der Waals surface area contributed by atoms with E-state index >= 15 is 0 Å². The lowest BCUT2D eigenvalue weighted by Gasteiger charge is -2.12. The monoisotopic (exact) mass is 150 g/mol. The molecule has 0 aliphatic heterocycles. The average molecular weight is 150 g/mol. The van der Waals surface area contributed by atoms with Gasteiger partial charge in [-0.15, -0.1) is 0 Å². The summed E-state index contributed by atoms with van der Waals surface area (Å²) < 4.78 is 0. The second-order valence-corrected chi connectivity index (χ2v) is 2.91. The highest BCUT2D eigenvalue weighted by molar-refractivity contribution is 4.55. The Bertz CT molecular complexity index is 29.8. The van der Waals surface area contributed by atoms with Crippen LogP contribution in [0.2, 0.25) is 0 Å². The van der Waals surface area contributed by atoms with Gasteiger partial charge in [0.05, 0.1) is 0 Å². The van der Waals surface area contributed by atoms with E-state index in [4.69, 9.17) is 0 Å². The van der Waals surface area contributed by atoms with Crippen LogP contribution in [0.3, 0.4) is 0 Å². The SMILES string of the molecule is C.C.C.C.CCC(C)(C)C. The van der Waals surface area contributed by atoms with Crippen LogP contribution in [0.4, 0.5) is 0 Å². The molecule has 0 saturated heterocycles. The lowest BCUT2D eigenvalue weighted by atomic mass is 9.94. The fourth-order valence-electron chi connectivity index (χ4n) is 0. The minimum Gasteiger partial charge on any atom is -0.0776 e. The average Bonchev–Trinajstić information content (AvgIpc) is 1.35. The highest BCUT2D eigenvalue weighted by atomic mass is 14.1. The Morgan fingerprint density at radius 1 is 0.800 bits per heavy atom. The van der Waals surface area contributed by atoms with Crippen molar-refractivity contribution in [2.45, 2.75) is 63.8 Å². The molecular weight excluding hydrogens is 120 g/mol. The van der Waals surface area contributed by atoms with Crippen LogP contribution < -0.4 is 0 Å². The Kier molecular flexibility index (Phi) is 38.1. The summed E-state index contributed by atoms with van der Waals surface area (Å²) in [5, 5.41) is 0. The summed E-state index contributed by atoms with van der Waals surface area (Å²) in [5.74, 6) is 0. The summed E-state index contributed by atoms with van der Waals surface area (Å²) in [6, 6.07) is 0. The molecule has 0 amide bonds. The van der Waals surface area contributed by atoms with Gasteiger partial charge < -0.3 is 0 Å². The van der Waals surface area contributed by atoms with Crippen LogP contribution in [0.5, 0.6) is 0 Å². The normalized spacial score (nSPS) is 7.20. The zero-order valence-electron chi connectivity index (χ0n) is 5.21. The van der Waals surface area contributed by atoms with Crippen molar-refractivity contribution in [2.24, 2.45) is 5.41 Å². The fraction of sp³-hybridized carbons (Fsp3) is 1.00. The van der Waals surface area contributed by atoms with Gasteiger partial charge in [-0.05, 0) is 5.41 Å². The summed E-state index contributed by atoms with van der Waals surface area (Å²) >= 11 is 0. The van der Waals surface area contributed by atoms with E-state index in [0.717, 1.165) is 0 Å². The van der Waals surface area contributed by atoms with Crippen molar-refractivity contribution in [3.05, 3.63) is 0 Å². The van der Waals surface area contributed by atoms with E-state index in [1.54, 1.807) is 0 Å². The molecule has 70 valence electrons. The van der Waals surface area contributed by atoms with Gasteiger partial charge in [-0.25, -0.2) is 0 Å². The fourth-order valence-corrected chi connectivity index (χ4v) is 0. The van der Waals surface area contributed by atoms with Crippen molar-refractivity contribution in [3.63, 3.8) is 0 Å². The first-order valence-corrected chi connectivity index (χ1v) is 2.56. The van der Waals surface area contributed by atoms with Gasteiger partial charge in [0.1, 0.15) is 0 Å². The molecule has 0 fully saturated rings. The van der Waals surface area contributed by atoms with Crippen molar-refractivity contribution in [2.75, 3.05) is 0 Å². The Labute approximate surface area is 70.0 Å². The third kappa shape index (κ3) is 43.6. The maximum atomic E-state index is 2.24. The third-order valence-electron chi connectivity index (χ3n) is 1.06. The Balaban J connectivity index is -0.0000000208.